The molecule has 2 amide bonds. The minimum Gasteiger partial charge on any atom is -0.482 e. The maximum atomic E-state index is 12.4. The van der Waals surface area contributed by atoms with E-state index in [1.165, 1.54) is 12.1 Å². The quantitative estimate of drug-likeness (QED) is 0.643. The number of benzene rings is 2. The number of ether oxygens (including phenoxy) is 1. The number of carbonyl (C=O) groups excluding carboxylic acids is 2. The van der Waals surface area contributed by atoms with Crippen molar-refractivity contribution >= 4 is 33.4 Å². The van der Waals surface area contributed by atoms with E-state index in [-0.39, 0.29) is 30.3 Å². The van der Waals surface area contributed by atoms with Crippen LogP contribution in [0.2, 0.25) is 0 Å². The van der Waals surface area contributed by atoms with E-state index in [2.05, 4.69) is 26.6 Å². The van der Waals surface area contributed by atoms with Crippen LogP contribution in [0.4, 0.5) is 18.9 Å². The second-order valence-corrected chi connectivity index (χ2v) is 6.88. The van der Waals surface area contributed by atoms with Crippen molar-refractivity contribution in [3.05, 3.63) is 58.1 Å². The summed E-state index contributed by atoms with van der Waals surface area (Å²) >= 11 is 3.27. The molecule has 0 radical (unpaired) electrons. The Hall–Kier alpha value is -2.55. The van der Waals surface area contributed by atoms with E-state index < -0.39 is 18.7 Å². The van der Waals surface area contributed by atoms with Gasteiger partial charge in [-0.2, -0.15) is 13.2 Å². The van der Waals surface area contributed by atoms with Gasteiger partial charge in [0.2, 0.25) is 5.91 Å². The number of hydrogen-bond donors (Lipinski definition) is 2. The molecule has 0 atom stereocenters. The Balaban J connectivity index is 1.88. The molecule has 0 saturated heterocycles. The summed E-state index contributed by atoms with van der Waals surface area (Å²) in [6.07, 6.45) is -4.53. The molecule has 9 heteroatoms. The highest BCUT2D eigenvalue weighted by molar-refractivity contribution is 9.10. The lowest BCUT2D eigenvalue weighted by Crippen LogP contribution is -2.27. The van der Waals surface area contributed by atoms with Crippen LogP contribution in [0.25, 0.3) is 0 Å². The fourth-order valence-electron chi connectivity index (χ4n) is 2.22. The summed E-state index contributed by atoms with van der Waals surface area (Å²) < 4.78 is 42.8. The molecule has 28 heavy (non-hydrogen) atoms. The predicted molar refractivity (Wildman–Crippen MR) is 102 cm³/mol. The number of rotatable bonds is 7. The van der Waals surface area contributed by atoms with Crippen LogP contribution < -0.4 is 15.4 Å². The van der Waals surface area contributed by atoms with Gasteiger partial charge in [-0.1, -0.05) is 22.0 Å². The van der Waals surface area contributed by atoms with Crippen LogP contribution in [0.5, 0.6) is 5.75 Å². The maximum absolute atomic E-state index is 12.4. The molecule has 0 bridgehead atoms. The molecule has 2 N–H and O–H groups in total. The van der Waals surface area contributed by atoms with Crippen LogP contribution in [0.1, 0.15) is 22.3 Å². The number of amides is 2. The van der Waals surface area contributed by atoms with Gasteiger partial charge in [0.25, 0.3) is 5.91 Å². The number of nitrogens with one attached hydrogen (secondary N) is 2. The average Bonchev–Trinajstić information content (AvgIpc) is 2.61. The molecule has 2 aromatic rings. The van der Waals surface area contributed by atoms with E-state index in [0.29, 0.717) is 11.1 Å². The molecule has 0 spiro atoms. The molecule has 0 aliphatic carbocycles. The zero-order valence-electron chi connectivity index (χ0n) is 14.9. The molecule has 0 heterocycles. The fraction of sp³-hybridized carbons (Fsp3) is 0.263. The third kappa shape index (κ3) is 7.22. The first kappa shape index (κ1) is 21.7. The van der Waals surface area contributed by atoms with Gasteiger partial charge in [-0.3, -0.25) is 9.59 Å². The first-order valence-corrected chi connectivity index (χ1v) is 9.07. The maximum Gasteiger partial charge on any atom is 0.422 e. The van der Waals surface area contributed by atoms with Crippen molar-refractivity contribution in [3.8, 4) is 5.75 Å². The van der Waals surface area contributed by atoms with Crippen molar-refractivity contribution in [2.45, 2.75) is 19.5 Å². The fourth-order valence-corrected chi connectivity index (χ4v) is 2.48. The Labute approximate surface area is 168 Å². The molecular weight excluding hydrogens is 441 g/mol. The summed E-state index contributed by atoms with van der Waals surface area (Å²) in [6.45, 7) is 0.317. The van der Waals surface area contributed by atoms with Crippen molar-refractivity contribution < 1.29 is 27.5 Å². The second kappa shape index (κ2) is 9.59. The molecule has 0 aromatic heterocycles. The Morgan fingerprint density at radius 2 is 1.79 bits per heavy atom. The van der Waals surface area contributed by atoms with Gasteiger partial charge in [0.05, 0.1) is 5.69 Å². The standard InChI is InChI=1S/C19H18BrF3N2O3/c1-12-2-7-15(16(10-12)28-11-19(21,22)23)25-17(26)8-9-24-18(27)13-3-5-14(20)6-4-13/h2-7,10H,8-9,11H2,1H3,(H,24,27)(H,25,26). The first-order chi connectivity index (χ1) is 13.1. The molecule has 2 rings (SSSR count). The molecule has 2 aromatic carbocycles. The van der Waals surface area contributed by atoms with Gasteiger partial charge in [-0.05, 0) is 48.9 Å². The lowest BCUT2D eigenvalue weighted by Gasteiger charge is -2.14. The van der Waals surface area contributed by atoms with Gasteiger partial charge in [0.1, 0.15) is 5.75 Å². The summed E-state index contributed by atoms with van der Waals surface area (Å²) in [5.41, 5.74) is 1.28. The SMILES string of the molecule is Cc1ccc(NC(=O)CCNC(=O)c2ccc(Br)cc2)c(OCC(F)(F)F)c1. The Bertz CT molecular complexity index is 839. The summed E-state index contributed by atoms with van der Waals surface area (Å²) in [5.74, 6) is -0.855. The summed E-state index contributed by atoms with van der Waals surface area (Å²) in [7, 11) is 0. The predicted octanol–water partition coefficient (Wildman–Crippen LogP) is 4.46. The zero-order chi connectivity index (χ0) is 20.7. The van der Waals surface area contributed by atoms with E-state index in [9.17, 15) is 22.8 Å². The summed E-state index contributed by atoms with van der Waals surface area (Å²) in [4.78, 5) is 24.0. The van der Waals surface area contributed by atoms with Crippen LogP contribution in [-0.2, 0) is 4.79 Å². The second-order valence-electron chi connectivity index (χ2n) is 5.96. The van der Waals surface area contributed by atoms with Crippen LogP contribution in [0.3, 0.4) is 0 Å². The highest BCUT2D eigenvalue weighted by Gasteiger charge is 2.29. The monoisotopic (exact) mass is 458 g/mol. The van der Waals surface area contributed by atoms with Crippen LogP contribution in [0.15, 0.2) is 46.9 Å². The molecule has 0 aliphatic rings. The Morgan fingerprint density at radius 3 is 2.43 bits per heavy atom. The highest BCUT2D eigenvalue weighted by atomic mass is 79.9. The number of hydrogen-bond acceptors (Lipinski definition) is 3. The molecule has 0 unspecified atom stereocenters. The topological polar surface area (TPSA) is 67.4 Å². The van der Waals surface area contributed by atoms with Crippen molar-refractivity contribution in [2.24, 2.45) is 0 Å². The molecule has 5 nitrogen and oxygen atoms in total. The van der Waals surface area contributed by atoms with Gasteiger partial charge < -0.3 is 15.4 Å². The number of carbonyl (C=O) groups is 2. The van der Waals surface area contributed by atoms with Gasteiger partial charge in [-0.15, -0.1) is 0 Å². The molecular formula is C19H18BrF3N2O3. The van der Waals surface area contributed by atoms with E-state index in [4.69, 9.17) is 4.74 Å². The third-order valence-corrected chi connectivity index (χ3v) is 4.08. The van der Waals surface area contributed by atoms with E-state index >= 15 is 0 Å². The van der Waals surface area contributed by atoms with Crippen molar-refractivity contribution in [3.63, 3.8) is 0 Å². The first-order valence-electron chi connectivity index (χ1n) is 8.28. The van der Waals surface area contributed by atoms with Crippen molar-refractivity contribution in [2.75, 3.05) is 18.5 Å². The van der Waals surface area contributed by atoms with Gasteiger partial charge >= 0.3 is 6.18 Å². The lowest BCUT2D eigenvalue weighted by atomic mass is 10.2. The number of halogens is 4. The number of aryl methyl sites for hydroxylation is 1. The van der Waals surface area contributed by atoms with Crippen LogP contribution >= 0.6 is 15.9 Å². The van der Waals surface area contributed by atoms with Crippen molar-refractivity contribution in [1.29, 1.82) is 0 Å². The third-order valence-electron chi connectivity index (χ3n) is 3.55. The van der Waals surface area contributed by atoms with Crippen molar-refractivity contribution in [1.82, 2.24) is 5.32 Å². The van der Waals surface area contributed by atoms with E-state index in [1.807, 2.05) is 0 Å². The van der Waals surface area contributed by atoms with E-state index in [1.54, 1.807) is 37.3 Å². The Morgan fingerprint density at radius 1 is 1.11 bits per heavy atom. The average molecular weight is 459 g/mol. The van der Waals surface area contributed by atoms with Gasteiger partial charge in [-0.25, -0.2) is 0 Å². The van der Waals surface area contributed by atoms with E-state index in [0.717, 1.165) is 4.47 Å². The number of alkyl halides is 3. The van der Waals surface area contributed by atoms with Crippen LogP contribution in [-0.4, -0.2) is 31.1 Å². The molecule has 150 valence electrons. The summed E-state index contributed by atoms with van der Waals surface area (Å²) in [6, 6.07) is 11.2. The molecule has 0 fully saturated rings. The normalized spacial score (nSPS) is 11.0. The largest absolute Gasteiger partial charge is 0.482 e. The molecule has 0 aliphatic heterocycles. The zero-order valence-corrected chi connectivity index (χ0v) is 16.5. The Kier molecular flexibility index (Phi) is 7.45. The summed E-state index contributed by atoms with van der Waals surface area (Å²) in [5, 5.41) is 5.11. The molecule has 0 saturated carbocycles. The van der Waals surface area contributed by atoms with Gasteiger partial charge in [0, 0.05) is 23.0 Å². The minimum absolute atomic E-state index is 0.0468. The van der Waals surface area contributed by atoms with Gasteiger partial charge in [0.15, 0.2) is 6.61 Å². The lowest BCUT2D eigenvalue weighted by molar-refractivity contribution is -0.153. The highest BCUT2D eigenvalue weighted by Crippen LogP contribution is 2.28. The number of anilines is 1. The van der Waals surface area contributed by atoms with Crippen LogP contribution in [0, 0.1) is 6.92 Å². The smallest absolute Gasteiger partial charge is 0.422 e. The minimum atomic E-state index is -4.48.